The molecule has 1 aromatic carbocycles. The largest absolute Gasteiger partial charge is 0.381 e. The van der Waals surface area contributed by atoms with Crippen molar-refractivity contribution in [3.8, 4) is 0 Å². The molecule has 6 nitrogen and oxygen atoms in total. The summed E-state index contributed by atoms with van der Waals surface area (Å²) in [6.07, 6.45) is 3.82. The van der Waals surface area contributed by atoms with E-state index in [1.165, 1.54) is 0 Å². The number of carbonyl (C=O) groups is 1. The second-order valence-corrected chi connectivity index (χ2v) is 7.69. The Kier molecular flexibility index (Phi) is 5.53. The summed E-state index contributed by atoms with van der Waals surface area (Å²) >= 11 is 0. The first kappa shape index (κ1) is 18.2. The number of piperidine rings is 1. The molecule has 4 rings (SSSR count). The molecule has 1 amide bonds. The number of hydrogen-bond acceptors (Lipinski definition) is 5. The molecule has 27 heavy (non-hydrogen) atoms. The zero-order chi connectivity index (χ0) is 18.6. The lowest BCUT2D eigenvalue weighted by Crippen LogP contribution is -2.42. The molecular weight excluding hydrogens is 340 g/mol. The highest BCUT2D eigenvalue weighted by molar-refractivity contribution is 5.82. The van der Waals surface area contributed by atoms with E-state index >= 15 is 0 Å². The van der Waals surface area contributed by atoms with Crippen molar-refractivity contribution < 1.29 is 9.53 Å². The Balaban J connectivity index is 1.32. The van der Waals surface area contributed by atoms with E-state index in [1.54, 1.807) is 0 Å². The van der Waals surface area contributed by atoms with Gasteiger partial charge in [0.15, 0.2) is 0 Å². The number of aromatic nitrogens is 2. The minimum Gasteiger partial charge on any atom is -0.381 e. The Morgan fingerprint density at radius 2 is 1.89 bits per heavy atom. The van der Waals surface area contributed by atoms with E-state index in [4.69, 9.17) is 14.7 Å². The molecule has 2 aliphatic rings. The fourth-order valence-electron chi connectivity index (χ4n) is 4.04. The summed E-state index contributed by atoms with van der Waals surface area (Å²) in [4.78, 5) is 24.2. The monoisotopic (exact) mass is 368 g/mol. The summed E-state index contributed by atoms with van der Waals surface area (Å²) in [6.45, 7) is 6.12. The number of nitrogens with one attached hydrogen (secondary N) is 1. The van der Waals surface area contributed by atoms with Gasteiger partial charge in [0.25, 0.3) is 0 Å². The third-order valence-corrected chi connectivity index (χ3v) is 5.84. The third kappa shape index (κ3) is 4.21. The molecule has 2 saturated heterocycles. The van der Waals surface area contributed by atoms with E-state index in [0.29, 0.717) is 5.92 Å². The number of ether oxygens (including phenoxy) is 1. The van der Waals surface area contributed by atoms with Crippen LogP contribution < -0.4 is 10.2 Å². The molecule has 2 aromatic rings. The zero-order valence-corrected chi connectivity index (χ0v) is 16.0. The Labute approximate surface area is 160 Å². The first-order valence-electron chi connectivity index (χ1n) is 10.0. The van der Waals surface area contributed by atoms with Gasteiger partial charge >= 0.3 is 0 Å². The van der Waals surface area contributed by atoms with Crippen LogP contribution in [0.25, 0.3) is 10.9 Å². The van der Waals surface area contributed by atoms with E-state index in [1.807, 2.05) is 25.1 Å². The van der Waals surface area contributed by atoms with Crippen molar-refractivity contribution in [3.63, 3.8) is 0 Å². The number of amides is 1. The predicted molar refractivity (Wildman–Crippen MR) is 106 cm³/mol. The van der Waals surface area contributed by atoms with Crippen molar-refractivity contribution in [1.29, 1.82) is 0 Å². The highest BCUT2D eigenvalue weighted by atomic mass is 16.5. The molecule has 0 bridgehead atoms. The molecule has 2 aliphatic heterocycles. The SMILES string of the molecule is Cc1nc(N2CCC(C(=O)NCC3CCOCC3)CC2)nc2ccccc12. The number of nitrogens with zero attached hydrogens (tertiary/aromatic N) is 3. The zero-order valence-electron chi connectivity index (χ0n) is 16.0. The Hall–Kier alpha value is -2.21. The van der Waals surface area contributed by atoms with Crippen LogP contribution in [0.15, 0.2) is 24.3 Å². The predicted octanol–water partition coefficient (Wildman–Crippen LogP) is 2.70. The van der Waals surface area contributed by atoms with E-state index < -0.39 is 0 Å². The van der Waals surface area contributed by atoms with Gasteiger partial charge in [-0.1, -0.05) is 18.2 Å². The summed E-state index contributed by atoms with van der Waals surface area (Å²) in [5.41, 5.74) is 1.99. The van der Waals surface area contributed by atoms with Crippen LogP contribution in [0.5, 0.6) is 0 Å². The fraction of sp³-hybridized carbons (Fsp3) is 0.571. The molecule has 1 aromatic heterocycles. The summed E-state index contributed by atoms with van der Waals surface area (Å²) in [5, 5.41) is 4.27. The highest BCUT2D eigenvalue weighted by Crippen LogP contribution is 2.24. The van der Waals surface area contributed by atoms with Crippen LogP contribution in [0.4, 0.5) is 5.95 Å². The van der Waals surface area contributed by atoms with Crippen molar-refractivity contribution in [2.45, 2.75) is 32.6 Å². The Morgan fingerprint density at radius 3 is 2.67 bits per heavy atom. The number of benzene rings is 1. The maximum atomic E-state index is 12.5. The second-order valence-electron chi connectivity index (χ2n) is 7.69. The molecular formula is C21H28N4O2. The number of carbonyl (C=O) groups excluding carboxylic acids is 1. The van der Waals surface area contributed by atoms with Gasteiger partial charge in [-0.3, -0.25) is 4.79 Å². The molecule has 0 saturated carbocycles. The third-order valence-electron chi connectivity index (χ3n) is 5.84. The lowest BCUT2D eigenvalue weighted by atomic mass is 9.95. The van der Waals surface area contributed by atoms with Crippen LogP contribution in [-0.2, 0) is 9.53 Å². The summed E-state index contributed by atoms with van der Waals surface area (Å²) in [5.74, 6) is 1.66. The van der Waals surface area contributed by atoms with Gasteiger partial charge in [0.2, 0.25) is 11.9 Å². The Morgan fingerprint density at radius 1 is 1.15 bits per heavy atom. The lowest BCUT2D eigenvalue weighted by molar-refractivity contribution is -0.125. The van der Waals surface area contributed by atoms with Gasteiger partial charge in [-0.2, -0.15) is 0 Å². The maximum absolute atomic E-state index is 12.5. The average molecular weight is 368 g/mol. The van der Waals surface area contributed by atoms with Crippen LogP contribution in [0.1, 0.15) is 31.4 Å². The van der Waals surface area contributed by atoms with Crippen LogP contribution >= 0.6 is 0 Å². The van der Waals surface area contributed by atoms with E-state index in [9.17, 15) is 4.79 Å². The van der Waals surface area contributed by atoms with Crippen molar-refractivity contribution in [3.05, 3.63) is 30.0 Å². The number of rotatable bonds is 4. The molecule has 0 unspecified atom stereocenters. The molecule has 1 N–H and O–H groups in total. The topological polar surface area (TPSA) is 67.4 Å². The average Bonchev–Trinajstić information content (AvgIpc) is 2.73. The molecule has 0 spiro atoms. The quantitative estimate of drug-likeness (QED) is 0.899. The smallest absolute Gasteiger partial charge is 0.226 e. The molecule has 144 valence electrons. The van der Waals surface area contributed by atoms with E-state index in [2.05, 4.69) is 16.3 Å². The van der Waals surface area contributed by atoms with Gasteiger partial charge in [-0.25, -0.2) is 9.97 Å². The van der Waals surface area contributed by atoms with Gasteiger partial charge in [0.1, 0.15) is 0 Å². The van der Waals surface area contributed by atoms with E-state index in [0.717, 1.165) is 81.1 Å². The van der Waals surface area contributed by atoms with Crippen LogP contribution in [0, 0.1) is 18.8 Å². The molecule has 0 atom stereocenters. The molecule has 0 radical (unpaired) electrons. The van der Waals surface area contributed by atoms with Crippen molar-refractivity contribution in [2.75, 3.05) is 37.7 Å². The van der Waals surface area contributed by atoms with Gasteiger partial charge in [0.05, 0.1) is 11.2 Å². The molecule has 0 aliphatic carbocycles. The van der Waals surface area contributed by atoms with Crippen molar-refractivity contribution >= 4 is 22.8 Å². The summed E-state index contributed by atoms with van der Waals surface area (Å²) in [6, 6.07) is 8.11. The summed E-state index contributed by atoms with van der Waals surface area (Å²) < 4.78 is 5.38. The lowest BCUT2D eigenvalue weighted by Gasteiger charge is -2.32. The molecule has 2 fully saturated rings. The number of hydrogen-bond donors (Lipinski definition) is 1. The van der Waals surface area contributed by atoms with Gasteiger partial charge < -0.3 is 15.0 Å². The first-order valence-corrected chi connectivity index (χ1v) is 10.0. The number of anilines is 1. The molecule has 3 heterocycles. The van der Waals surface area contributed by atoms with Gasteiger partial charge in [0, 0.05) is 44.2 Å². The number of fused-ring (bicyclic) bond motifs is 1. The summed E-state index contributed by atoms with van der Waals surface area (Å²) in [7, 11) is 0. The van der Waals surface area contributed by atoms with Gasteiger partial charge in [-0.15, -0.1) is 0 Å². The Bertz CT molecular complexity index is 796. The van der Waals surface area contributed by atoms with Crippen LogP contribution in [0.2, 0.25) is 0 Å². The van der Waals surface area contributed by atoms with Crippen LogP contribution in [0.3, 0.4) is 0 Å². The fourth-order valence-corrected chi connectivity index (χ4v) is 4.04. The maximum Gasteiger partial charge on any atom is 0.226 e. The minimum atomic E-state index is 0.0997. The number of aryl methyl sites for hydroxylation is 1. The van der Waals surface area contributed by atoms with Crippen LogP contribution in [-0.4, -0.2) is 48.7 Å². The van der Waals surface area contributed by atoms with Crippen molar-refractivity contribution in [1.82, 2.24) is 15.3 Å². The standard InChI is InChI=1S/C21H28N4O2/c1-15-18-4-2-3-5-19(18)24-21(23-15)25-10-6-17(7-11-25)20(26)22-14-16-8-12-27-13-9-16/h2-5,16-17H,6-14H2,1H3,(H,22,26). The van der Waals surface area contributed by atoms with Crippen molar-refractivity contribution in [2.24, 2.45) is 11.8 Å². The molecule has 6 heteroatoms. The first-order chi connectivity index (χ1) is 13.2. The van der Waals surface area contributed by atoms with Gasteiger partial charge in [-0.05, 0) is 44.6 Å². The highest BCUT2D eigenvalue weighted by Gasteiger charge is 2.27. The second kappa shape index (κ2) is 8.21. The van der Waals surface area contributed by atoms with E-state index in [-0.39, 0.29) is 11.8 Å². The number of para-hydroxylation sites is 1. The normalized spacial score (nSPS) is 19.4. The minimum absolute atomic E-state index is 0.0997.